The molecular formula is C20H25N3O2. The van der Waals surface area contributed by atoms with E-state index in [0.717, 1.165) is 30.2 Å². The summed E-state index contributed by atoms with van der Waals surface area (Å²) in [6.45, 7) is 2.47. The molecule has 3 rings (SSSR count). The van der Waals surface area contributed by atoms with E-state index in [1.807, 2.05) is 36.4 Å². The number of nitrogens with one attached hydrogen (secondary N) is 2. The van der Waals surface area contributed by atoms with Crippen molar-refractivity contribution >= 4 is 23.0 Å². The van der Waals surface area contributed by atoms with Gasteiger partial charge in [-0.1, -0.05) is 0 Å². The number of carbonyl (C=O) groups excluding carboxylic acids is 1. The van der Waals surface area contributed by atoms with Crippen molar-refractivity contribution in [1.29, 1.82) is 0 Å². The third-order valence-corrected chi connectivity index (χ3v) is 4.42. The highest BCUT2D eigenvalue weighted by molar-refractivity contribution is 5.93. The van der Waals surface area contributed by atoms with Gasteiger partial charge >= 0.3 is 0 Å². The summed E-state index contributed by atoms with van der Waals surface area (Å²) in [5.41, 5.74) is 2.94. The van der Waals surface area contributed by atoms with Crippen LogP contribution in [0.2, 0.25) is 0 Å². The van der Waals surface area contributed by atoms with Crippen molar-refractivity contribution in [2.75, 3.05) is 42.3 Å². The summed E-state index contributed by atoms with van der Waals surface area (Å²) in [4.78, 5) is 14.5. The van der Waals surface area contributed by atoms with Crippen molar-refractivity contribution < 1.29 is 9.53 Å². The number of amides is 1. The van der Waals surface area contributed by atoms with E-state index < -0.39 is 0 Å². The van der Waals surface area contributed by atoms with Crippen LogP contribution in [-0.2, 0) is 4.79 Å². The van der Waals surface area contributed by atoms with Crippen LogP contribution in [0.4, 0.5) is 17.1 Å². The molecule has 0 bridgehead atoms. The summed E-state index contributed by atoms with van der Waals surface area (Å²) < 4.78 is 5.12. The number of hydrogen-bond acceptors (Lipinski definition) is 4. The first kappa shape index (κ1) is 17.1. The van der Waals surface area contributed by atoms with Gasteiger partial charge in [-0.25, -0.2) is 0 Å². The lowest BCUT2D eigenvalue weighted by molar-refractivity contribution is -0.114. The molecule has 1 amide bonds. The summed E-state index contributed by atoms with van der Waals surface area (Å²) in [6, 6.07) is 15.6. The monoisotopic (exact) mass is 339 g/mol. The van der Waals surface area contributed by atoms with Gasteiger partial charge in [0.05, 0.1) is 13.7 Å². The molecule has 1 aliphatic rings. The van der Waals surface area contributed by atoms with Crippen LogP contribution in [0.25, 0.3) is 0 Å². The van der Waals surface area contributed by atoms with E-state index >= 15 is 0 Å². The molecule has 1 fully saturated rings. The molecule has 0 radical (unpaired) electrons. The summed E-state index contributed by atoms with van der Waals surface area (Å²) in [5.74, 6) is 0.727. The molecule has 0 unspecified atom stereocenters. The lowest BCUT2D eigenvalue weighted by atomic mass is 10.1. The molecule has 0 aromatic heterocycles. The Morgan fingerprint density at radius 2 is 1.60 bits per heavy atom. The number of benzene rings is 2. The van der Waals surface area contributed by atoms with E-state index in [2.05, 4.69) is 27.7 Å². The SMILES string of the molecule is COc1ccc(NCC(=O)Nc2ccc(N3CCCCC3)cc2)cc1. The summed E-state index contributed by atoms with van der Waals surface area (Å²) in [7, 11) is 1.63. The number of methoxy groups -OCH3 is 1. The number of piperidine rings is 1. The van der Waals surface area contributed by atoms with Crippen molar-refractivity contribution in [3.63, 3.8) is 0 Å². The van der Waals surface area contributed by atoms with E-state index in [0.29, 0.717) is 0 Å². The van der Waals surface area contributed by atoms with Gasteiger partial charge in [-0.15, -0.1) is 0 Å². The molecule has 2 N–H and O–H groups in total. The smallest absolute Gasteiger partial charge is 0.243 e. The summed E-state index contributed by atoms with van der Waals surface area (Å²) >= 11 is 0. The zero-order valence-electron chi connectivity index (χ0n) is 14.6. The topological polar surface area (TPSA) is 53.6 Å². The quantitative estimate of drug-likeness (QED) is 0.842. The second-order valence-electron chi connectivity index (χ2n) is 6.22. The minimum atomic E-state index is -0.0680. The average Bonchev–Trinajstić information content (AvgIpc) is 2.68. The van der Waals surface area contributed by atoms with Gasteiger partial charge in [-0.2, -0.15) is 0 Å². The lowest BCUT2D eigenvalue weighted by Crippen LogP contribution is -2.29. The summed E-state index contributed by atoms with van der Waals surface area (Å²) in [5, 5.41) is 6.02. The number of ether oxygens (including phenoxy) is 1. The van der Waals surface area contributed by atoms with Crippen molar-refractivity contribution in [3.8, 4) is 5.75 Å². The first-order valence-electron chi connectivity index (χ1n) is 8.77. The molecule has 2 aromatic carbocycles. The molecule has 2 aromatic rings. The zero-order valence-corrected chi connectivity index (χ0v) is 14.6. The molecule has 0 aliphatic carbocycles. The molecule has 1 aliphatic heterocycles. The Morgan fingerprint density at radius 1 is 0.960 bits per heavy atom. The Hall–Kier alpha value is -2.69. The fourth-order valence-corrected chi connectivity index (χ4v) is 3.00. The van der Waals surface area contributed by atoms with Gasteiger partial charge in [0.1, 0.15) is 5.75 Å². The predicted molar refractivity (Wildman–Crippen MR) is 103 cm³/mol. The van der Waals surface area contributed by atoms with Crippen molar-refractivity contribution in [1.82, 2.24) is 0 Å². The highest BCUT2D eigenvalue weighted by Crippen LogP contribution is 2.21. The van der Waals surface area contributed by atoms with E-state index in [9.17, 15) is 4.79 Å². The van der Waals surface area contributed by atoms with Crippen LogP contribution >= 0.6 is 0 Å². The first-order valence-corrected chi connectivity index (χ1v) is 8.77. The molecule has 1 saturated heterocycles. The fourth-order valence-electron chi connectivity index (χ4n) is 3.00. The minimum Gasteiger partial charge on any atom is -0.497 e. The molecule has 1 heterocycles. The molecular weight excluding hydrogens is 314 g/mol. The molecule has 132 valence electrons. The van der Waals surface area contributed by atoms with Crippen LogP contribution in [0.15, 0.2) is 48.5 Å². The van der Waals surface area contributed by atoms with Crippen molar-refractivity contribution in [2.45, 2.75) is 19.3 Å². The van der Waals surface area contributed by atoms with Gasteiger partial charge in [0.25, 0.3) is 0 Å². The van der Waals surface area contributed by atoms with E-state index in [1.54, 1.807) is 7.11 Å². The van der Waals surface area contributed by atoms with E-state index in [-0.39, 0.29) is 12.5 Å². The molecule has 5 heteroatoms. The predicted octanol–water partition coefficient (Wildman–Crippen LogP) is 3.74. The van der Waals surface area contributed by atoms with Gasteiger partial charge in [0, 0.05) is 30.2 Å². The average molecular weight is 339 g/mol. The third kappa shape index (κ3) is 4.89. The van der Waals surface area contributed by atoms with Crippen LogP contribution in [0.3, 0.4) is 0 Å². The minimum absolute atomic E-state index is 0.0680. The highest BCUT2D eigenvalue weighted by atomic mass is 16.5. The normalized spacial score (nSPS) is 14.0. The highest BCUT2D eigenvalue weighted by Gasteiger charge is 2.10. The first-order chi connectivity index (χ1) is 12.2. The Morgan fingerprint density at radius 3 is 2.24 bits per heavy atom. The Kier molecular flexibility index (Phi) is 5.77. The summed E-state index contributed by atoms with van der Waals surface area (Å²) in [6.07, 6.45) is 3.84. The number of nitrogens with zero attached hydrogens (tertiary/aromatic N) is 1. The maximum atomic E-state index is 12.1. The zero-order chi connectivity index (χ0) is 17.5. The van der Waals surface area contributed by atoms with Gasteiger partial charge < -0.3 is 20.3 Å². The Bertz CT molecular complexity index is 677. The number of rotatable bonds is 6. The van der Waals surface area contributed by atoms with Crippen LogP contribution in [-0.4, -0.2) is 32.7 Å². The molecule has 0 saturated carbocycles. The Balaban J connectivity index is 1.48. The van der Waals surface area contributed by atoms with Crippen LogP contribution < -0.4 is 20.3 Å². The number of anilines is 3. The van der Waals surface area contributed by atoms with Gasteiger partial charge in [-0.3, -0.25) is 4.79 Å². The standard InChI is InChI=1S/C20H25N3O2/c1-25-19-11-7-16(8-12-19)21-15-20(24)22-17-5-9-18(10-6-17)23-13-3-2-4-14-23/h5-12,21H,2-4,13-15H2,1H3,(H,22,24). The van der Waals surface area contributed by atoms with Gasteiger partial charge in [0.15, 0.2) is 0 Å². The molecule has 25 heavy (non-hydrogen) atoms. The van der Waals surface area contributed by atoms with E-state index in [1.165, 1.54) is 24.9 Å². The maximum absolute atomic E-state index is 12.1. The maximum Gasteiger partial charge on any atom is 0.243 e. The molecule has 0 spiro atoms. The van der Waals surface area contributed by atoms with E-state index in [4.69, 9.17) is 4.74 Å². The van der Waals surface area contributed by atoms with Crippen LogP contribution in [0.5, 0.6) is 5.75 Å². The fraction of sp³-hybridized carbons (Fsp3) is 0.350. The number of carbonyl (C=O) groups is 1. The third-order valence-electron chi connectivity index (χ3n) is 4.42. The largest absolute Gasteiger partial charge is 0.497 e. The van der Waals surface area contributed by atoms with Gasteiger partial charge in [0.2, 0.25) is 5.91 Å². The molecule has 0 atom stereocenters. The van der Waals surface area contributed by atoms with Crippen molar-refractivity contribution in [3.05, 3.63) is 48.5 Å². The van der Waals surface area contributed by atoms with Crippen molar-refractivity contribution in [2.24, 2.45) is 0 Å². The lowest BCUT2D eigenvalue weighted by Gasteiger charge is -2.28. The number of hydrogen-bond donors (Lipinski definition) is 2. The van der Waals surface area contributed by atoms with Crippen LogP contribution in [0, 0.1) is 0 Å². The van der Waals surface area contributed by atoms with Crippen LogP contribution in [0.1, 0.15) is 19.3 Å². The van der Waals surface area contributed by atoms with Gasteiger partial charge in [-0.05, 0) is 67.8 Å². The Labute approximate surface area is 149 Å². The second kappa shape index (κ2) is 8.42. The second-order valence-corrected chi connectivity index (χ2v) is 6.22. The molecule has 5 nitrogen and oxygen atoms in total.